The van der Waals surface area contributed by atoms with E-state index in [1.165, 1.54) is 0 Å². The van der Waals surface area contributed by atoms with Gasteiger partial charge in [-0.05, 0) is 19.9 Å². The number of hydrogen-bond acceptors (Lipinski definition) is 5. The Hall–Kier alpha value is -2.11. The van der Waals surface area contributed by atoms with Gasteiger partial charge in [-0.15, -0.1) is 0 Å². The number of hydrogen-bond donors (Lipinski definition) is 1. The first-order valence-corrected chi connectivity index (χ1v) is 6.03. The van der Waals surface area contributed by atoms with Crippen LogP contribution < -0.4 is 10.6 Å². The third-order valence-corrected chi connectivity index (χ3v) is 2.90. The Morgan fingerprint density at radius 2 is 2.00 bits per heavy atom. The lowest BCUT2D eigenvalue weighted by Gasteiger charge is -2.20. The zero-order valence-electron chi connectivity index (χ0n) is 11.0. The van der Waals surface area contributed by atoms with Gasteiger partial charge in [-0.25, -0.2) is 4.98 Å². The average molecular weight is 246 g/mol. The first-order valence-electron chi connectivity index (χ1n) is 6.03. The second-order valence-corrected chi connectivity index (χ2v) is 3.98. The molecule has 2 aromatic rings. The molecular formula is C12H18N6. The smallest absolute Gasteiger partial charge is 0.222 e. The van der Waals surface area contributed by atoms with Crippen molar-refractivity contribution in [2.24, 2.45) is 7.05 Å². The molecule has 0 saturated heterocycles. The number of aromatic nitrogens is 4. The maximum atomic E-state index is 5.78. The van der Waals surface area contributed by atoms with Crippen molar-refractivity contribution in [3.05, 3.63) is 18.3 Å². The predicted octanol–water partition coefficient (Wildman–Crippen LogP) is 1.31. The number of nitrogen functional groups attached to an aromatic ring is 1. The fourth-order valence-electron chi connectivity index (χ4n) is 1.92. The van der Waals surface area contributed by atoms with Crippen molar-refractivity contribution in [2.75, 3.05) is 23.7 Å². The van der Waals surface area contributed by atoms with Crippen LogP contribution in [0.1, 0.15) is 13.8 Å². The van der Waals surface area contributed by atoms with E-state index in [4.69, 9.17) is 5.73 Å². The summed E-state index contributed by atoms with van der Waals surface area (Å²) in [6.45, 7) is 5.95. The molecule has 0 fully saturated rings. The van der Waals surface area contributed by atoms with Crippen LogP contribution in [0.2, 0.25) is 0 Å². The summed E-state index contributed by atoms with van der Waals surface area (Å²) in [5.74, 6) is 1.14. The minimum absolute atomic E-state index is 0.288. The number of aryl methyl sites for hydroxylation is 1. The summed E-state index contributed by atoms with van der Waals surface area (Å²) in [6, 6.07) is 3.86. The van der Waals surface area contributed by atoms with E-state index in [1.807, 2.05) is 19.2 Å². The summed E-state index contributed by atoms with van der Waals surface area (Å²) in [6.07, 6.45) is 1.74. The van der Waals surface area contributed by atoms with Gasteiger partial charge in [-0.1, -0.05) is 0 Å². The third kappa shape index (κ3) is 2.27. The highest BCUT2D eigenvalue weighted by molar-refractivity contribution is 5.61. The van der Waals surface area contributed by atoms with E-state index in [1.54, 1.807) is 10.9 Å². The van der Waals surface area contributed by atoms with E-state index in [0.717, 1.165) is 30.3 Å². The van der Waals surface area contributed by atoms with Gasteiger partial charge in [-0.3, -0.25) is 4.68 Å². The summed E-state index contributed by atoms with van der Waals surface area (Å²) >= 11 is 0. The van der Waals surface area contributed by atoms with Crippen LogP contribution in [0, 0.1) is 0 Å². The van der Waals surface area contributed by atoms with Gasteiger partial charge in [0.05, 0.1) is 11.4 Å². The van der Waals surface area contributed by atoms with Gasteiger partial charge < -0.3 is 10.6 Å². The maximum Gasteiger partial charge on any atom is 0.222 e. The van der Waals surface area contributed by atoms with Crippen LogP contribution in [0.4, 0.5) is 11.8 Å². The normalized spacial score (nSPS) is 10.6. The molecular weight excluding hydrogens is 228 g/mol. The molecule has 0 unspecified atom stereocenters. The summed E-state index contributed by atoms with van der Waals surface area (Å²) < 4.78 is 1.77. The maximum absolute atomic E-state index is 5.78. The zero-order chi connectivity index (χ0) is 13.1. The zero-order valence-corrected chi connectivity index (χ0v) is 11.0. The molecule has 0 saturated carbocycles. The molecule has 0 radical (unpaired) electrons. The van der Waals surface area contributed by atoms with Gasteiger partial charge in [0.2, 0.25) is 5.95 Å². The molecule has 0 aromatic carbocycles. The molecule has 2 rings (SSSR count). The quantitative estimate of drug-likeness (QED) is 0.880. The molecule has 0 aliphatic carbocycles. The molecule has 0 aliphatic heterocycles. The van der Waals surface area contributed by atoms with Crippen molar-refractivity contribution in [1.82, 2.24) is 19.7 Å². The monoisotopic (exact) mass is 246 g/mol. The molecule has 0 amide bonds. The van der Waals surface area contributed by atoms with Crippen molar-refractivity contribution >= 4 is 11.8 Å². The Balaban J connectivity index is 2.47. The van der Waals surface area contributed by atoms with E-state index >= 15 is 0 Å². The van der Waals surface area contributed by atoms with Gasteiger partial charge in [0.15, 0.2) is 0 Å². The van der Waals surface area contributed by atoms with Gasteiger partial charge in [0.1, 0.15) is 5.82 Å². The Morgan fingerprint density at radius 1 is 1.28 bits per heavy atom. The average Bonchev–Trinajstić information content (AvgIpc) is 2.76. The van der Waals surface area contributed by atoms with Crippen LogP contribution in [0.15, 0.2) is 18.3 Å². The van der Waals surface area contributed by atoms with Crippen LogP contribution in [0.25, 0.3) is 11.4 Å². The number of anilines is 2. The van der Waals surface area contributed by atoms with E-state index in [9.17, 15) is 0 Å². The third-order valence-electron chi connectivity index (χ3n) is 2.90. The van der Waals surface area contributed by atoms with Crippen molar-refractivity contribution in [3.63, 3.8) is 0 Å². The lowest BCUT2D eigenvalue weighted by molar-refractivity contribution is 0.772. The number of rotatable bonds is 4. The van der Waals surface area contributed by atoms with Gasteiger partial charge in [-0.2, -0.15) is 10.1 Å². The van der Waals surface area contributed by atoms with Gasteiger partial charge in [0, 0.05) is 32.4 Å². The molecule has 2 aromatic heterocycles. The second-order valence-electron chi connectivity index (χ2n) is 3.98. The molecule has 2 N–H and O–H groups in total. The molecule has 2 heterocycles. The highest BCUT2D eigenvalue weighted by Crippen LogP contribution is 2.21. The standard InChI is InChI=1S/C12H18N6/c1-4-18(5-2)11-8-9(15-12(13)16-11)10-6-7-14-17(10)3/h6-8H,4-5H2,1-3H3,(H2,13,15,16). The van der Waals surface area contributed by atoms with Crippen molar-refractivity contribution in [2.45, 2.75) is 13.8 Å². The summed E-state index contributed by atoms with van der Waals surface area (Å²) in [4.78, 5) is 10.7. The van der Waals surface area contributed by atoms with E-state index in [-0.39, 0.29) is 5.95 Å². The minimum Gasteiger partial charge on any atom is -0.368 e. The van der Waals surface area contributed by atoms with Crippen molar-refractivity contribution in [3.8, 4) is 11.4 Å². The number of nitrogens with two attached hydrogens (primary N) is 1. The summed E-state index contributed by atoms with van der Waals surface area (Å²) in [5, 5.41) is 4.14. The Morgan fingerprint density at radius 3 is 2.56 bits per heavy atom. The van der Waals surface area contributed by atoms with Crippen molar-refractivity contribution in [1.29, 1.82) is 0 Å². The molecule has 96 valence electrons. The fourth-order valence-corrected chi connectivity index (χ4v) is 1.92. The van der Waals surface area contributed by atoms with E-state index in [2.05, 4.69) is 33.8 Å². The van der Waals surface area contributed by atoms with Crippen LogP contribution in [0.5, 0.6) is 0 Å². The molecule has 18 heavy (non-hydrogen) atoms. The lowest BCUT2D eigenvalue weighted by atomic mass is 10.3. The van der Waals surface area contributed by atoms with Crippen molar-refractivity contribution < 1.29 is 0 Å². The number of nitrogens with zero attached hydrogens (tertiary/aromatic N) is 5. The van der Waals surface area contributed by atoms with Gasteiger partial charge in [0.25, 0.3) is 0 Å². The SMILES string of the molecule is CCN(CC)c1cc(-c2ccnn2C)nc(N)n1. The molecule has 0 aliphatic rings. The fraction of sp³-hybridized carbons (Fsp3) is 0.417. The molecule has 0 atom stereocenters. The highest BCUT2D eigenvalue weighted by atomic mass is 15.3. The van der Waals surface area contributed by atoms with E-state index < -0.39 is 0 Å². The Bertz CT molecular complexity index is 529. The van der Waals surface area contributed by atoms with Crippen LogP contribution in [-0.2, 0) is 7.05 Å². The predicted molar refractivity (Wildman–Crippen MR) is 72.2 cm³/mol. The van der Waals surface area contributed by atoms with Gasteiger partial charge >= 0.3 is 0 Å². The van der Waals surface area contributed by atoms with Crippen LogP contribution >= 0.6 is 0 Å². The van der Waals surface area contributed by atoms with Crippen LogP contribution in [0.3, 0.4) is 0 Å². The Labute approximate surface area is 106 Å². The molecule has 6 nitrogen and oxygen atoms in total. The topological polar surface area (TPSA) is 72.9 Å². The molecule has 0 bridgehead atoms. The second kappa shape index (κ2) is 5.03. The summed E-state index contributed by atoms with van der Waals surface area (Å²) in [7, 11) is 1.88. The first-order chi connectivity index (χ1) is 8.65. The van der Waals surface area contributed by atoms with E-state index in [0.29, 0.717) is 0 Å². The minimum atomic E-state index is 0.288. The lowest BCUT2D eigenvalue weighted by Crippen LogP contribution is -2.23. The molecule has 0 spiro atoms. The largest absolute Gasteiger partial charge is 0.368 e. The molecule has 6 heteroatoms. The first kappa shape index (κ1) is 12.3. The Kier molecular flexibility index (Phi) is 3.45. The highest BCUT2D eigenvalue weighted by Gasteiger charge is 2.11. The van der Waals surface area contributed by atoms with Crippen LogP contribution in [-0.4, -0.2) is 32.8 Å². The summed E-state index contributed by atoms with van der Waals surface area (Å²) in [5.41, 5.74) is 7.51.